The molecule has 38 heavy (non-hydrogen) atoms. The minimum atomic E-state index is -1.26. The molecule has 8 nitrogen and oxygen atoms in total. The number of pyridine rings is 1. The van der Waals surface area contributed by atoms with E-state index in [-0.39, 0.29) is 5.95 Å². The molecule has 1 fully saturated rings. The summed E-state index contributed by atoms with van der Waals surface area (Å²) >= 11 is 0. The number of hydrogen-bond donors (Lipinski definition) is 1. The van der Waals surface area contributed by atoms with Gasteiger partial charge < -0.3 is 15.2 Å². The number of primary amides is 1. The number of halogens is 1. The highest BCUT2D eigenvalue weighted by atomic mass is 19.1. The lowest BCUT2D eigenvalue weighted by Crippen LogP contribution is -2.41. The maximum atomic E-state index is 13.6. The molecule has 0 spiro atoms. The Balaban J connectivity index is 1.26. The third-order valence-corrected chi connectivity index (χ3v) is 6.52. The number of benzene rings is 3. The summed E-state index contributed by atoms with van der Waals surface area (Å²) in [5.41, 5.74) is 6.52. The van der Waals surface area contributed by atoms with Crippen LogP contribution in [0.4, 0.5) is 21.5 Å². The largest absolute Gasteiger partial charge is 0.426 e. The SMILES string of the molecule is NC(=O)C1(C(=O)N(c2ccc(F)cc2)c2ccc(OC3=CC=Nc4cc5ccccc5nc4O3)cc2)CC1. The van der Waals surface area contributed by atoms with Crippen LogP contribution in [0.2, 0.25) is 0 Å². The van der Waals surface area contributed by atoms with Crippen molar-refractivity contribution in [3.63, 3.8) is 0 Å². The highest BCUT2D eigenvalue weighted by Crippen LogP contribution is 2.49. The molecule has 9 heteroatoms. The van der Waals surface area contributed by atoms with Gasteiger partial charge in [-0.15, -0.1) is 0 Å². The van der Waals surface area contributed by atoms with E-state index in [1.807, 2.05) is 30.3 Å². The van der Waals surface area contributed by atoms with E-state index in [2.05, 4.69) is 9.98 Å². The Hall–Kier alpha value is -5.05. The molecule has 1 saturated carbocycles. The Morgan fingerprint density at radius 3 is 2.34 bits per heavy atom. The lowest BCUT2D eigenvalue weighted by molar-refractivity contribution is -0.133. The average Bonchev–Trinajstić information content (AvgIpc) is 3.75. The summed E-state index contributed by atoms with van der Waals surface area (Å²) in [6, 6.07) is 21.7. The van der Waals surface area contributed by atoms with Crippen molar-refractivity contribution in [2.24, 2.45) is 16.1 Å². The predicted octanol–water partition coefficient (Wildman–Crippen LogP) is 5.32. The fraction of sp³-hybridized carbons (Fsp3) is 0.103. The summed E-state index contributed by atoms with van der Waals surface area (Å²) in [5.74, 6) is -0.651. The molecule has 0 atom stereocenters. The Labute approximate surface area is 216 Å². The van der Waals surface area contributed by atoms with E-state index in [9.17, 15) is 14.0 Å². The van der Waals surface area contributed by atoms with Crippen LogP contribution in [-0.4, -0.2) is 23.0 Å². The number of nitrogens with two attached hydrogens (primary N) is 1. The topological polar surface area (TPSA) is 107 Å². The molecule has 2 aliphatic rings. The minimum Gasteiger partial charge on any atom is -0.426 e. The number of carbonyl (C=O) groups is 2. The third kappa shape index (κ3) is 4.24. The van der Waals surface area contributed by atoms with Crippen LogP contribution in [0.5, 0.6) is 11.6 Å². The average molecular weight is 509 g/mol. The molecule has 2 N–H and O–H groups in total. The highest BCUT2D eigenvalue weighted by molar-refractivity contribution is 6.16. The first-order valence-electron chi connectivity index (χ1n) is 11.9. The molecule has 1 aliphatic carbocycles. The molecule has 1 aromatic heterocycles. The maximum Gasteiger partial charge on any atom is 0.293 e. The number of carbonyl (C=O) groups excluding carboxylic acids is 2. The Morgan fingerprint density at radius 2 is 1.66 bits per heavy atom. The van der Waals surface area contributed by atoms with Crippen molar-refractivity contribution in [1.29, 1.82) is 0 Å². The van der Waals surface area contributed by atoms with Crippen LogP contribution in [0.15, 0.2) is 95.9 Å². The van der Waals surface area contributed by atoms with Gasteiger partial charge in [-0.05, 0) is 73.5 Å². The van der Waals surface area contributed by atoms with Gasteiger partial charge in [-0.2, -0.15) is 0 Å². The van der Waals surface area contributed by atoms with E-state index in [4.69, 9.17) is 15.2 Å². The lowest BCUT2D eigenvalue weighted by atomic mass is 10.0. The zero-order valence-electron chi connectivity index (χ0n) is 20.0. The number of para-hydroxylation sites is 1. The van der Waals surface area contributed by atoms with E-state index in [0.29, 0.717) is 41.5 Å². The fourth-order valence-corrected chi connectivity index (χ4v) is 4.28. The first-order valence-corrected chi connectivity index (χ1v) is 11.9. The molecule has 0 saturated heterocycles. The van der Waals surface area contributed by atoms with Crippen LogP contribution >= 0.6 is 0 Å². The van der Waals surface area contributed by atoms with E-state index in [1.54, 1.807) is 36.6 Å². The number of fused-ring (bicyclic) bond motifs is 2. The second-order valence-electron chi connectivity index (χ2n) is 9.03. The second-order valence-corrected chi connectivity index (χ2v) is 9.03. The van der Waals surface area contributed by atoms with E-state index in [0.717, 1.165) is 10.9 Å². The Kier molecular flexibility index (Phi) is 5.60. The lowest BCUT2D eigenvalue weighted by Gasteiger charge is -2.26. The van der Waals surface area contributed by atoms with Crippen LogP contribution in [0, 0.1) is 11.2 Å². The van der Waals surface area contributed by atoms with Gasteiger partial charge in [0.25, 0.3) is 5.95 Å². The minimum absolute atomic E-state index is 0.167. The zero-order chi connectivity index (χ0) is 26.3. The molecule has 4 aromatic rings. The van der Waals surface area contributed by atoms with Crippen molar-refractivity contribution in [2.45, 2.75) is 12.8 Å². The Morgan fingerprint density at radius 1 is 0.974 bits per heavy atom. The molecule has 0 unspecified atom stereocenters. The number of rotatable bonds is 6. The van der Waals surface area contributed by atoms with Crippen molar-refractivity contribution in [2.75, 3.05) is 4.90 Å². The first-order chi connectivity index (χ1) is 18.4. The zero-order valence-corrected chi connectivity index (χ0v) is 20.0. The van der Waals surface area contributed by atoms with Gasteiger partial charge >= 0.3 is 0 Å². The van der Waals surface area contributed by atoms with Crippen LogP contribution in [0.1, 0.15) is 12.8 Å². The number of hydrogen-bond acceptors (Lipinski definition) is 6. The molecule has 1 aliphatic heterocycles. The summed E-state index contributed by atoms with van der Waals surface area (Å²) < 4.78 is 25.4. The van der Waals surface area contributed by atoms with Gasteiger partial charge in [-0.1, -0.05) is 18.2 Å². The monoisotopic (exact) mass is 508 g/mol. The normalized spacial score (nSPS) is 15.0. The van der Waals surface area contributed by atoms with Crippen LogP contribution in [0.25, 0.3) is 10.9 Å². The number of aliphatic imine (C=N–C) groups is 1. The number of amides is 2. The van der Waals surface area contributed by atoms with E-state index >= 15 is 0 Å². The fourth-order valence-electron chi connectivity index (χ4n) is 4.28. The molecule has 188 valence electrons. The smallest absolute Gasteiger partial charge is 0.293 e. The van der Waals surface area contributed by atoms with Crippen molar-refractivity contribution >= 4 is 46.0 Å². The van der Waals surface area contributed by atoms with Crippen molar-refractivity contribution in [3.8, 4) is 11.6 Å². The van der Waals surface area contributed by atoms with E-state index in [1.165, 1.54) is 29.2 Å². The molecule has 2 heterocycles. The second kappa shape index (κ2) is 9.11. The summed E-state index contributed by atoms with van der Waals surface area (Å²) in [7, 11) is 0. The Bertz CT molecular complexity index is 1630. The van der Waals surface area contributed by atoms with Gasteiger partial charge in [-0.25, -0.2) is 9.37 Å². The van der Waals surface area contributed by atoms with Crippen LogP contribution in [0.3, 0.4) is 0 Å². The standard InChI is InChI=1S/C29H21FN4O4/c30-19-5-7-20(8-6-19)34(28(36)29(14-15-29)27(31)35)21-9-11-22(12-10-21)37-25-13-16-32-24-17-18-3-1-2-4-23(18)33-26(24)38-25/h1-13,16-17H,14-15H2,(H2,31,35). The maximum absolute atomic E-state index is 13.6. The third-order valence-electron chi connectivity index (χ3n) is 6.52. The van der Waals surface area contributed by atoms with Gasteiger partial charge in [0.15, 0.2) is 0 Å². The van der Waals surface area contributed by atoms with Crippen LogP contribution < -0.4 is 20.1 Å². The number of aromatic nitrogens is 1. The summed E-state index contributed by atoms with van der Waals surface area (Å²) in [5, 5.41) is 0.941. The van der Waals surface area contributed by atoms with E-state index < -0.39 is 23.0 Å². The molecule has 3 aromatic carbocycles. The summed E-state index contributed by atoms with van der Waals surface area (Å²) in [6.07, 6.45) is 3.90. The van der Waals surface area contributed by atoms with Crippen molar-refractivity contribution < 1.29 is 23.5 Å². The molecular weight excluding hydrogens is 487 g/mol. The number of allylic oxidation sites excluding steroid dienone is 1. The van der Waals surface area contributed by atoms with Crippen molar-refractivity contribution in [1.82, 2.24) is 4.98 Å². The van der Waals surface area contributed by atoms with Gasteiger partial charge in [0.2, 0.25) is 17.7 Å². The summed E-state index contributed by atoms with van der Waals surface area (Å²) in [6.45, 7) is 0. The molecule has 0 radical (unpaired) electrons. The van der Waals surface area contributed by atoms with Gasteiger partial charge in [-0.3, -0.25) is 19.5 Å². The van der Waals surface area contributed by atoms with Gasteiger partial charge in [0, 0.05) is 29.1 Å². The number of ether oxygens (including phenoxy) is 2. The molecule has 0 bridgehead atoms. The van der Waals surface area contributed by atoms with Gasteiger partial charge in [0.05, 0.1) is 5.52 Å². The highest BCUT2D eigenvalue weighted by Gasteiger charge is 2.57. The number of nitrogens with zero attached hydrogens (tertiary/aromatic N) is 3. The quantitative estimate of drug-likeness (QED) is 0.355. The predicted molar refractivity (Wildman–Crippen MR) is 140 cm³/mol. The number of anilines is 2. The van der Waals surface area contributed by atoms with Gasteiger partial charge in [0.1, 0.15) is 22.7 Å². The first kappa shape index (κ1) is 23.4. The van der Waals surface area contributed by atoms with Crippen LogP contribution in [-0.2, 0) is 9.59 Å². The molecule has 2 amide bonds. The summed E-state index contributed by atoms with van der Waals surface area (Å²) in [4.78, 5) is 35.8. The molecular formula is C29H21FN4O4. The van der Waals surface area contributed by atoms with Crippen molar-refractivity contribution in [3.05, 3.63) is 96.7 Å². The molecule has 6 rings (SSSR count).